The van der Waals surface area contributed by atoms with Crippen LogP contribution in [-0.2, 0) is 6.42 Å². The van der Waals surface area contributed by atoms with E-state index >= 15 is 0 Å². The van der Waals surface area contributed by atoms with Gasteiger partial charge in [0.2, 0.25) is 0 Å². The van der Waals surface area contributed by atoms with Crippen LogP contribution < -0.4 is 28.4 Å². The van der Waals surface area contributed by atoms with E-state index in [0.29, 0.717) is 0 Å². The molecule has 6 nitrogen and oxygen atoms in total. The SMILES string of the molecule is CCc1c(OC)cc(OC)cc1C1c2c(OC)cc(OC)c(Br)c2C(Br)C1c1ccc(OC)cc1.COc1ccc(C)cc1. The summed E-state index contributed by atoms with van der Waals surface area (Å²) in [7, 11) is 10.1. The summed E-state index contributed by atoms with van der Waals surface area (Å²) >= 11 is 7.90. The van der Waals surface area contributed by atoms with Gasteiger partial charge in [-0.1, -0.05) is 52.7 Å². The van der Waals surface area contributed by atoms with Gasteiger partial charge in [-0.25, -0.2) is 0 Å². The van der Waals surface area contributed by atoms with Crippen LogP contribution in [0.4, 0.5) is 0 Å². The lowest BCUT2D eigenvalue weighted by Crippen LogP contribution is -2.13. The van der Waals surface area contributed by atoms with Gasteiger partial charge in [0.1, 0.15) is 34.5 Å². The Hall–Kier alpha value is -3.36. The van der Waals surface area contributed by atoms with E-state index in [2.05, 4.69) is 63.9 Å². The molecule has 1 aliphatic rings. The summed E-state index contributed by atoms with van der Waals surface area (Å²) in [6.45, 7) is 4.21. The van der Waals surface area contributed by atoms with Crippen molar-refractivity contribution in [1.29, 1.82) is 0 Å². The lowest BCUT2D eigenvalue weighted by atomic mass is 9.79. The molecule has 0 fully saturated rings. The van der Waals surface area contributed by atoms with Gasteiger partial charge in [-0.3, -0.25) is 0 Å². The molecule has 1 aliphatic carbocycles. The molecular weight excluding hydrogens is 688 g/mol. The Labute approximate surface area is 277 Å². The maximum Gasteiger partial charge on any atom is 0.137 e. The van der Waals surface area contributed by atoms with Crippen LogP contribution in [0.25, 0.3) is 0 Å². The second kappa shape index (κ2) is 15.1. The van der Waals surface area contributed by atoms with Crippen LogP contribution in [0.2, 0.25) is 0 Å². The fourth-order valence-corrected chi connectivity index (χ4v) is 8.02. The molecule has 0 N–H and O–H groups in total. The predicted octanol–water partition coefficient (Wildman–Crippen LogP) is 9.42. The van der Waals surface area contributed by atoms with E-state index in [9.17, 15) is 0 Å². The number of fused-ring (bicyclic) bond motifs is 1. The number of halogens is 2. The summed E-state index contributed by atoms with van der Waals surface area (Å²) in [5.74, 6) is 4.88. The number of hydrogen-bond donors (Lipinski definition) is 0. The molecule has 0 bridgehead atoms. The molecule has 0 heterocycles. The van der Waals surface area contributed by atoms with Crippen LogP contribution in [0.3, 0.4) is 0 Å². The summed E-state index contributed by atoms with van der Waals surface area (Å²) in [6.07, 6.45) is 0.816. The standard InChI is InChI=1S/C28H30Br2O5.C8H10O/c1-7-18-19(12-17(32-3)13-20(18)33-4)24-23(15-8-10-16(31-2)11-9-15)28(30)26-25(24)21(34-5)14-22(35-6)27(26)29;1-7-3-5-8(9-2)6-4-7/h8-14,23-24,28H,7H2,1-6H3;3-6H,1-2H3. The average molecular weight is 729 g/mol. The molecule has 0 saturated carbocycles. The van der Waals surface area contributed by atoms with Crippen molar-refractivity contribution in [1.82, 2.24) is 0 Å². The first kappa shape index (κ1) is 33.5. The fraction of sp³-hybridized carbons (Fsp3) is 0.333. The first-order valence-electron chi connectivity index (χ1n) is 14.3. The van der Waals surface area contributed by atoms with Gasteiger partial charge in [0.05, 0.1) is 47.1 Å². The molecule has 8 heteroatoms. The van der Waals surface area contributed by atoms with Crippen LogP contribution >= 0.6 is 31.9 Å². The quantitative estimate of drug-likeness (QED) is 0.160. The lowest BCUT2D eigenvalue weighted by Gasteiger charge is -2.28. The normalized spacial score (nSPS) is 16.7. The monoisotopic (exact) mass is 726 g/mol. The zero-order chi connectivity index (χ0) is 32.0. The van der Waals surface area contributed by atoms with E-state index in [1.807, 2.05) is 48.5 Å². The van der Waals surface area contributed by atoms with Crippen molar-refractivity contribution in [3.8, 4) is 34.5 Å². The summed E-state index contributed by atoms with van der Waals surface area (Å²) in [4.78, 5) is -0.00354. The van der Waals surface area contributed by atoms with E-state index in [1.54, 1.807) is 42.7 Å². The maximum absolute atomic E-state index is 5.96. The summed E-state index contributed by atoms with van der Waals surface area (Å²) in [5, 5.41) is 0. The Morgan fingerprint density at radius 1 is 0.614 bits per heavy atom. The smallest absolute Gasteiger partial charge is 0.137 e. The van der Waals surface area contributed by atoms with Crippen molar-refractivity contribution < 1.29 is 28.4 Å². The Bertz CT molecular complexity index is 1550. The Balaban J connectivity index is 0.000000421. The van der Waals surface area contributed by atoms with Crippen LogP contribution in [0, 0.1) is 6.92 Å². The number of benzene rings is 4. The molecule has 0 amide bonds. The number of rotatable bonds is 9. The van der Waals surface area contributed by atoms with Crippen LogP contribution in [-0.4, -0.2) is 42.7 Å². The molecule has 0 aliphatic heterocycles. The highest BCUT2D eigenvalue weighted by molar-refractivity contribution is 9.11. The molecule has 5 rings (SSSR count). The molecule has 0 radical (unpaired) electrons. The molecule has 0 saturated heterocycles. The molecule has 3 atom stereocenters. The second-order valence-electron chi connectivity index (χ2n) is 10.4. The molecule has 4 aromatic rings. The Morgan fingerprint density at radius 2 is 1.16 bits per heavy atom. The largest absolute Gasteiger partial charge is 0.497 e. The first-order chi connectivity index (χ1) is 21.3. The average Bonchev–Trinajstić information content (AvgIpc) is 3.37. The highest BCUT2D eigenvalue weighted by atomic mass is 79.9. The lowest BCUT2D eigenvalue weighted by molar-refractivity contribution is 0.385. The molecule has 0 spiro atoms. The maximum atomic E-state index is 5.96. The Kier molecular flexibility index (Phi) is 11.5. The Morgan fingerprint density at radius 3 is 1.66 bits per heavy atom. The first-order valence-corrected chi connectivity index (χ1v) is 16.0. The number of aryl methyl sites for hydroxylation is 1. The zero-order valence-electron chi connectivity index (χ0n) is 26.5. The van der Waals surface area contributed by atoms with Crippen molar-refractivity contribution in [3.05, 3.63) is 105 Å². The molecular formula is C36H40Br2O6. The number of ether oxygens (including phenoxy) is 6. The van der Waals surface area contributed by atoms with Gasteiger partial charge >= 0.3 is 0 Å². The van der Waals surface area contributed by atoms with Crippen molar-refractivity contribution >= 4 is 31.9 Å². The summed E-state index contributed by atoms with van der Waals surface area (Å²) < 4.78 is 34.5. The zero-order valence-corrected chi connectivity index (χ0v) is 29.7. The third-order valence-electron chi connectivity index (χ3n) is 8.09. The topological polar surface area (TPSA) is 55.4 Å². The van der Waals surface area contributed by atoms with E-state index in [1.165, 1.54) is 11.1 Å². The fourth-order valence-electron chi connectivity index (χ4n) is 5.89. The van der Waals surface area contributed by atoms with Crippen molar-refractivity contribution in [2.45, 2.75) is 36.9 Å². The molecule has 3 unspecified atom stereocenters. The van der Waals surface area contributed by atoms with E-state index < -0.39 is 0 Å². The van der Waals surface area contributed by atoms with Crippen molar-refractivity contribution in [2.75, 3.05) is 42.7 Å². The van der Waals surface area contributed by atoms with Gasteiger partial charge in [0.25, 0.3) is 0 Å². The second-order valence-corrected chi connectivity index (χ2v) is 12.1. The van der Waals surface area contributed by atoms with Crippen LogP contribution in [0.5, 0.6) is 34.5 Å². The van der Waals surface area contributed by atoms with E-state index in [4.69, 9.17) is 28.4 Å². The van der Waals surface area contributed by atoms with Gasteiger partial charge in [-0.15, -0.1) is 0 Å². The van der Waals surface area contributed by atoms with Crippen molar-refractivity contribution in [3.63, 3.8) is 0 Å². The van der Waals surface area contributed by atoms with Gasteiger partial charge in [0.15, 0.2) is 0 Å². The third kappa shape index (κ3) is 6.66. The molecule has 44 heavy (non-hydrogen) atoms. The number of alkyl halides is 1. The molecule has 0 aromatic heterocycles. The highest BCUT2D eigenvalue weighted by Crippen LogP contribution is 2.63. The third-order valence-corrected chi connectivity index (χ3v) is 9.94. The number of methoxy groups -OCH3 is 6. The van der Waals surface area contributed by atoms with E-state index in [-0.39, 0.29) is 16.7 Å². The molecule has 4 aromatic carbocycles. The van der Waals surface area contributed by atoms with Crippen LogP contribution in [0.1, 0.15) is 57.0 Å². The highest BCUT2D eigenvalue weighted by Gasteiger charge is 2.46. The van der Waals surface area contributed by atoms with Gasteiger partial charge < -0.3 is 28.4 Å². The van der Waals surface area contributed by atoms with E-state index in [0.717, 1.165) is 67.6 Å². The molecule has 234 valence electrons. The van der Waals surface area contributed by atoms with Crippen LogP contribution in [0.15, 0.2) is 71.2 Å². The minimum absolute atomic E-state index is 0.00354. The van der Waals surface area contributed by atoms with Gasteiger partial charge in [-0.05, 0) is 81.9 Å². The minimum atomic E-state index is -0.0288. The summed E-state index contributed by atoms with van der Waals surface area (Å²) in [6, 6.07) is 22.3. The van der Waals surface area contributed by atoms with Gasteiger partial charge in [0, 0.05) is 34.4 Å². The van der Waals surface area contributed by atoms with Crippen molar-refractivity contribution in [2.24, 2.45) is 0 Å². The summed E-state index contributed by atoms with van der Waals surface area (Å²) in [5.41, 5.74) is 6.99. The van der Waals surface area contributed by atoms with Gasteiger partial charge in [-0.2, -0.15) is 0 Å². The predicted molar refractivity (Wildman–Crippen MR) is 183 cm³/mol. The minimum Gasteiger partial charge on any atom is -0.497 e. The number of hydrogen-bond acceptors (Lipinski definition) is 6.